The van der Waals surface area contributed by atoms with Crippen LogP contribution in [0.5, 0.6) is 0 Å². The van der Waals surface area contributed by atoms with Gasteiger partial charge in [-0.25, -0.2) is 0 Å². The Hall–Kier alpha value is -1.63. The van der Waals surface area contributed by atoms with Gasteiger partial charge in [0.1, 0.15) is 6.04 Å². The molecule has 7 nitrogen and oxygen atoms in total. The normalized spacial score (nSPS) is 25.1. The number of rotatable bonds is 6. The molecule has 0 unspecified atom stereocenters. The van der Waals surface area contributed by atoms with Crippen molar-refractivity contribution >= 4 is 17.9 Å². The molecular weight excluding hydrogens is 266 g/mol. The third-order valence-electron chi connectivity index (χ3n) is 3.31. The van der Waals surface area contributed by atoms with Crippen LogP contribution < -0.4 is 5.32 Å². The number of hydrogen-bond acceptors (Lipinski definition) is 7. The topological polar surface area (TPSA) is 90.9 Å². The molecule has 0 saturated carbocycles. The SMILES string of the molecule is CCOC(=O)[C@H]1N[C@H](CC(=O)OC)C[C@@H]1CC(=O)OC. The number of carbonyl (C=O) groups is 3. The Morgan fingerprint density at radius 1 is 1.10 bits per heavy atom. The molecule has 3 atom stereocenters. The maximum atomic E-state index is 11.9. The molecule has 20 heavy (non-hydrogen) atoms. The Labute approximate surface area is 117 Å². The Balaban J connectivity index is 2.68. The van der Waals surface area contributed by atoms with Crippen LogP contribution in [0.3, 0.4) is 0 Å². The van der Waals surface area contributed by atoms with Crippen molar-refractivity contribution < 1.29 is 28.6 Å². The van der Waals surface area contributed by atoms with Crippen LogP contribution >= 0.6 is 0 Å². The first-order valence-electron chi connectivity index (χ1n) is 6.58. The maximum absolute atomic E-state index is 11.9. The average molecular weight is 287 g/mol. The fraction of sp³-hybridized carbons (Fsp3) is 0.769. The molecule has 0 aromatic rings. The van der Waals surface area contributed by atoms with E-state index < -0.39 is 12.0 Å². The molecule has 0 spiro atoms. The molecule has 0 radical (unpaired) electrons. The van der Waals surface area contributed by atoms with Gasteiger partial charge in [-0.2, -0.15) is 0 Å². The molecule has 1 N–H and O–H groups in total. The molecular formula is C13H21NO6. The number of nitrogens with one attached hydrogen (secondary N) is 1. The summed E-state index contributed by atoms with van der Waals surface area (Å²) in [6, 6.07) is -0.796. The lowest BCUT2D eigenvalue weighted by Gasteiger charge is -2.16. The molecule has 114 valence electrons. The van der Waals surface area contributed by atoms with Gasteiger partial charge in [-0.3, -0.25) is 14.4 Å². The van der Waals surface area contributed by atoms with Crippen molar-refractivity contribution in [3.05, 3.63) is 0 Å². The minimum Gasteiger partial charge on any atom is -0.469 e. The highest BCUT2D eigenvalue weighted by molar-refractivity contribution is 5.79. The summed E-state index contributed by atoms with van der Waals surface area (Å²) in [6.45, 7) is 1.98. The van der Waals surface area contributed by atoms with E-state index in [2.05, 4.69) is 14.8 Å². The Bertz CT molecular complexity index is 370. The van der Waals surface area contributed by atoms with Crippen LogP contribution in [0.4, 0.5) is 0 Å². The van der Waals surface area contributed by atoms with Gasteiger partial charge in [-0.15, -0.1) is 0 Å². The zero-order valence-electron chi connectivity index (χ0n) is 12.0. The highest BCUT2D eigenvalue weighted by atomic mass is 16.5. The summed E-state index contributed by atoms with van der Waals surface area (Å²) < 4.78 is 14.2. The maximum Gasteiger partial charge on any atom is 0.323 e. The summed E-state index contributed by atoms with van der Waals surface area (Å²) in [7, 11) is 2.61. The van der Waals surface area contributed by atoms with E-state index >= 15 is 0 Å². The molecule has 1 saturated heterocycles. The van der Waals surface area contributed by atoms with E-state index in [1.54, 1.807) is 6.92 Å². The number of methoxy groups -OCH3 is 2. The molecule has 0 aliphatic carbocycles. The fourth-order valence-corrected chi connectivity index (χ4v) is 2.38. The zero-order chi connectivity index (χ0) is 15.1. The summed E-state index contributed by atoms with van der Waals surface area (Å²) in [5, 5.41) is 3.04. The van der Waals surface area contributed by atoms with Crippen LogP contribution in [0.1, 0.15) is 26.2 Å². The summed E-state index contributed by atoms with van der Waals surface area (Å²) in [5.74, 6) is -1.39. The Kier molecular flexibility index (Phi) is 6.44. The van der Waals surface area contributed by atoms with E-state index in [9.17, 15) is 14.4 Å². The second kappa shape index (κ2) is 7.84. The summed E-state index contributed by atoms with van der Waals surface area (Å²) in [4.78, 5) is 34.5. The Morgan fingerprint density at radius 3 is 2.25 bits per heavy atom. The quantitative estimate of drug-likeness (QED) is 0.544. The van der Waals surface area contributed by atoms with Crippen LogP contribution in [0.15, 0.2) is 0 Å². The van der Waals surface area contributed by atoms with Gasteiger partial charge >= 0.3 is 17.9 Å². The Morgan fingerprint density at radius 2 is 1.70 bits per heavy atom. The minimum absolute atomic E-state index is 0.116. The number of ether oxygens (including phenoxy) is 3. The molecule has 1 fully saturated rings. The van der Waals surface area contributed by atoms with Gasteiger partial charge in [0.25, 0.3) is 0 Å². The lowest BCUT2D eigenvalue weighted by Crippen LogP contribution is -2.40. The van der Waals surface area contributed by atoms with Crippen molar-refractivity contribution in [1.82, 2.24) is 5.32 Å². The van der Waals surface area contributed by atoms with E-state index in [1.165, 1.54) is 14.2 Å². The molecule has 1 rings (SSSR count). The van der Waals surface area contributed by atoms with Gasteiger partial charge < -0.3 is 19.5 Å². The van der Waals surface area contributed by atoms with Gasteiger partial charge in [0.2, 0.25) is 0 Å². The predicted octanol–water partition coefficient (Wildman–Crippen LogP) is 0.0224. The second-order valence-corrected chi connectivity index (χ2v) is 4.65. The van der Waals surface area contributed by atoms with E-state index in [0.717, 1.165) is 0 Å². The molecule has 1 aliphatic rings. The van der Waals surface area contributed by atoms with Crippen molar-refractivity contribution in [1.29, 1.82) is 0 Å². The van der Waals surface area contributed by atoms with Crippen LogP contribution in [0, 0.1) is 5.92 Å². The third kappa shape index (κ3) is 4.48. The first-order chi connectivity index (χ1) is 9.51. The molecule has 1 aliphatic heterocycles. The molecule has 0 bridgehead atoms. The van der Waals surface area contributed by atoms with Crippen LogP contribution in [-0.4, -0.2) is 50.8 Å². The second-order valence-electron chi connectivity index (χ2n) is 4.65. The van der Waals surface area contributed by atoms with Crippen molar-refractivity contribution in [3.8, 4) is 0 Å². The van der Waals surface area contributed by atoms with Crippen molar-refractivity contribution in [2.24, 2.45) is 5.92 Å². The van der Waals surface area contributed by atoms with Gasteiger partial charge in [0, 0.05) is 6.04 Å². The fourth-order valence-electron chi connectivity index (χ4n) is 2.38. The largest absolute Gasteiger partial charge is 0.469 e. The lowest BCUT2D eigenvalue weighted by molar-refractivity contribution is -0.148. The zero-order valence-corrected chi connectivity index (χ0v) is 12.0. The van der Waals surface area contributed by atoms with Crippen molar-refractivity contribution in [3.63, 3.8) is 0 Å². The van der Waals surface area contributed by atoms with Gasteiger partial charge in [-0.1, -0.05) is 0 Å². The molecule has 0 aromatic carbocycles. The summed E-state index contributed by atoms with van der Waals surface area (Å²) in [5.41, 5.74) is 0. The molecule has 0 amide bonds. The first kappa shape index (κ1) is 16.4. The van der Waals surface area contributed by atoms with Gasteiger partial charge in [0.15, 0.2) is 0 Å². The van der Waals surface area contributed by atoms with Crippen LogP contribution in [0.2, 0.25) is 0 Å². The predicted molar refractivity (Wildman–Crippen MR) is 68.7 cm³/mol. The molecule has 7 heteroatoms. The first-order valence-corrected chi connectivity index (χ1v) is 6.58. The average Bonchev–Trinajstić information content (AvgIpc) is 2.81. The standard InChI is InChI=1S/C13H21NO6/c1-4-20-13(17)12-8(6-10(15)18-2)5-9(14-12)7-11(16)19-3/h8-9,12,14H,4-7H2,1-3H3/t8-,9+,12+/m1/s1. The van der Waals surface area contributed by atoms with Crippen LogP contribution in [-0.2, 0) is 28.6 Å². The number of esters is 3. The minimum atomic E-state index is -0.594. The number of hydrogen-bond donors (Lipinski definition) is 1. The highest BCUT2D eigenvalue weighted by Crippen LogP contribution is 2.27. The molecule has 0 aromatic heterocycles. The summed E-state index contributed by atoms with van der Waals surface area (Å²) in [6.07, 6.45) is 0.794. The van der Waals surface area contributed by atoms with Gasteiger partial charge in [0.05, 0.1) is 33.7 Å². The smallest absolute Gasteiger partial charge is 0.323 e. The van der Waals surface area contributed by atoms with Crippen LogP contribution in [0.25, 0.3) is 0 Å². The monoisotopic (exact) mass is 287 g/mol. The summed E-state index contributed by atoms with van der Waals surface area (Å²) >= 11 is 0. The lowest BCUT2D eigenvalue weighted by atomic mass is 9.94. The number of carbonyl (C=O) groups excluding carboxylic acids is 3. The van der Waals surface area contributed by atoms with E-state index in [0.29, 0.717) is 6.42 Å². The van der Waals surface area contributed by atoms with Crippen molar-refractivity contribution in [2.45, 2.75) is 38.3 Å². The van der Waals surface area contributed by atoms with Crippen molar-refractivity contribution in [2.75, 3.05) is 20.8 Å². The molecule has 1 heterocycles. The highest BCUT2D eigenvalue weighted by Gasteiger charge is 2.41. The third-order valence-corrected chi connectivity index (χ3v) is 3.31. The van der Waals surface area contributed by atoms with E-state index in [-0.39, 0.29) is 43.3 Å². The van der Waals surface area contributed by atoms with E-state index in [4.69, 9.17) is 4.74 Å². The van der Waals surface area contributed by atoms with Gasteiger partial charge in [-0.05, 0) is 19.3 Å². The van der Waals surface area contributed by atoms with E-state index in [1.807, 2.05) is 0 Å².